The molecule has 5 nitrogen and oxygen atoms in total. The molecule has 3 N–H and O–H groups in total. The first kappa shape index (κ1) is 10.1. The van der Waals surface area contributed by atoms with Gasteiger partial charge in [0.05, 0.1) is 5.69 Å². The molecule has 0 saturated heterocycles. The minimum Gasteiger partial charge on any atom is -0.323 e. The van der Waals surface area contributed by atoms with Gasteiger partial charge in [0.15, 0.2) is 0 Å². The third kappa shape index (κ3) is 2.14. The van der Waals surface area contributed by atoms with Crippen molar-refractivity contribution >= 4 is 6.21 Å². The number of aromatic nitrogens is 2. The Morgan fingerprint density at radius 3 is 2.50 bits per heavy atom. The number of rotatable bonds is 2. The zero-order valence-corrected chi connectivity index (χ0v) is 8.34. The van der Waals surface area contributed by atoms with Crippen molar-refractivity contribution in [3.8, 4) is 11.3 Å². The third-order valence-corrected chi connectivity index (χ3v) is 2.05. The van der Waals surface area contributed by atoms with Crippen LogP contribution in [0.2, 0.25) is 0 Å². The van der Waals surface area contributed by atoms with Gasteiger partial charge in [0.2, 0.25) is 0 Å². The lowest BCUT2D eigenvalue weighted by molar-refractivity contribution is 0.995. The largest absolute Gasteiger partial charge is 0.323 e. The highest BCUT2D eigenvalue weighted by atomic mass is 16.1. The number of H-pyrrole nitrogens is 1. The molecule has 0 saturated carbocycles. The van der Waals surface area contributed by atoms with Gasteiger partial charge in [0.25, 0.3) is 5.56 Å². The molecule has 0 amide bonds. The van der Waals surface area contributed by atoms with Crippen molar-refractivity contribution in [2.24, 2.45) is 10.9 Å². The molecule has 0 aliphatic heterocycles. The second-order valence-corrected chi connectivity index (χ2v) is 3.12. The highest BCUT2D eigenvalue weighted by molar-refractivity contribution is 5.80. The highest BCUT2D eigenvalue weighted by Gasteiger charge is 1.98. The molecule has 16 heavy (non-hydrogen) atoms. The summed E-state index contributed by atoms with van der Waals surface area (Å²) in [7, 11) is 0. The smallest absolute Gasteiger partial charge is 0.264 e. The zero-order valence-electron chi connectivity index (χ0n) is 8.34. The van der Waals surface area contributed by atoms with Gasteiger partial charge < -0.3 is 5.84 Å². The van der Waals surface area contributed by atoms with E-state index in [1.807, 2.05) is 24.3 Å². The molecule has 1 aromatic carbocycles. The van der Waals surface area contributed by atoms with Crippen molar-refractivity contribution in [3.05, 3.63) is 52.3 Å². The van der Waals surface area contributed by atoms with Gasteiger partial charge in [-0.05, 0) is 6.07 Å². The fraction of sp³-hybridized carbons (Fsp3) is 0. The summed E-state index contributed by atoms with van der Waals surface area (Å²) in [5.74, 6) is 4.99. The van der Waals surface area contributed by atoms with Crippen LogP contribution in [0.15, 0.2) is 46.3 Å². The summed E-state index contributed by atoms with van der Waals surface area (Å²) in [6.07, 6.45) is 2.62. The van der Waals surface area contributed by atoms with E-state index in [4.69, 9.17) is 5.84 Å². The molecule has 5 heteroatoms. The number of aromatic amines is 1. The minimum atomic E-state index is -0.219. The first-order valence-electron chi connectivity index (χ1n) is 4.62. The lowest BCUT2D eigenvalue weighted by Gasteiger charge is -1.99. The predicted molar refractivity (Wildman–Crippen MR) is 61.0 cm³/mol. The molecular weight excluding hydrogens is 204 g/mol. The Balaban J connectivity index is 2.34. The Morgan fingerprint density at radius 2 is 1.94 bits per heavy atom. The van der Waals surface area contributed by atoms with Crippen LogP contribution in [0.25, 0.3) is 11.3 Å². The van der Waals surface area contributed by atoms with Crippen LogP contribution in [0.5, 0.6) is 0 Å². The molecule has 1 radical (unpaired) electrons. The number of hydrogen-bond donors (Lipinski definition) is 2. The summed E-state index contributed by atoms with van der Waals surface area (Å²) in [6.45, 7) is 0. The molecule has 1 heterocycles. The van der Waals surface area contributed by atoms with Crippen molar-refractivity contribution in [1.29, 1.82) is 0 Å². The average Bonchev–Trinajstić information content (AvgIpc) is 2.32. The van der Waals surface area contributed by atoms with Crippen LogP contribution >= 0.6 is 0 Å². The molecule has 0 aliphatic carbocycles. The molecule has 79 valence electrons. The van der Waals surface area contributed by atoms with Gasteiger partial charge in [-0.1, -0.05) is 24.3 Å². The Labute approximate surface area is 91.6 Å². The molecule has 2 rings (SSSR count). The van der Waals surface area contributed by atoms with Crippen molar-refractivity contribution < 1.29 is 0 Å². The van der Waals surface area contributed by atoms with Crippen molar-refractivity contribution in [2.45, 2.75) is 0 Å². The zero-order chi connectivity index (χ0) is 11.4. The number of hydrazone groups is 1. The van der Waals surface area contributed by atoms with Crippen LogP contribution in [0.1, 0.15) is 5.56 Å². The summed E-state index contributed by atoms with van der Waals surface area (Å²) < 4.78 is 0. The van der Waals surface area contributed by atoms with Crippen LogP contribution in [0, 0.1) is 0 Å². The SMILES string of the molecule is N/N=[C]/c1ccc(-c2ccc(=O)[nH]n2)cc1. The molecule has 0 spiro atoms. The molecule has 0 atom stereocenters. The number of benzene rings is 1. The summed E-state index contributed by atoms with van der Waals surface area (Å²) in [4.78, 5) is 10.8. The number of nitrogens with one attached hydrogen (secondary N) is 1. The van der Waals surface area contributed by atoms with E-state index in [1.165, 1.54) is 6.07 Å². The molecule has 2 aromatic rings. The topological polar surface area (TPSA) is 84.1 Å². The maximum absolute atomic E-state index is 10.8. The first-order chi connectivity index (χ1) is 7.79. The van der Waals surface area contributed by atoms with E-state index in [-0.39, 0.29) is 5.56 Å². The summed E-state index contributed by atoms with van der Waals surface area (Å²) >= 11 is 0. The Morgan fingerprint density at radius 1 is 1.19 bits per heavy atom. The van der Waals surface area contributed by atoms with Gasteiger partial charge in [0, 0.05) is 17.2 Å². The number of hydrogen-bond acceptors (Lipinski definition) is 4. The van der Waals surface area contributed by atoms with E-state index in [2.05, 4.69) is 21.5 Å². The molecule has 1 aromatic heterocycles. The first-order valence-corrected chi connectivity index (χ1v) is 4.62. The van der Waals surface area contributed by atoms with Crippen LogP contribution in [-0.4, -0.2) is 16.4 Å². The lowest BCUT2D eigenvalue weighted by Crippen LogP contribution is -2.05. The second-order valence-electron chi connectivity index (χ2n) is 3.12. The van der Waals surface area contributed by atoms with Gasteiger partial charge in [-0.25, -0.2) is 5.10 Å². The van der Waals surface area contributed by atoms with Crippen molar-refractivity contribution in [3.63, 3.8) is 0 Å². The van der Waals surface area contributed by atoms with Crippen LogP contribution in [-0.2, 0) is 0 Å². The highest BCUT2D eigenvalue weighted by Crippen LogP contribution is 2.14. The molecule has 0 bridgehead atoms. The average molecular weight is 213 g/mol. The monoisotopic (exact) mass is 213 g/mol. The Bertz CT molecular complexity index is 536. The van der Waals surface area contributed by atoms with E-state index in [0.29, 0.717) is 5.69 Å². The Kier molecular flexibility index (Phi) is 2.77. The van der Waals surface area contributed by atoms with Gasteiger partial charge in [-0.2, -0.15) is 10.2 Å². The number of nitrogens with two attached hydrogens (primary N) is 1. The lowest BCUT2D eigenvalue weighted by atomic mass is 10.1. The fourth-order valence-electron chi connectivity index (χ4n) is 1.30. The maximum atomic E-state index is 10.8. The second kappa shape index (κ2) is 4.39. The van der Waals surface area contributed by atoms with Gasteiger partial charge >= 0.3 is 0 Å². The van der Waals surface area contributed by atoms with E-state index in [9.17, 15) is 4.79 Å². The molecule has 0 aliphatic rings. The van der Waals surface area contributed by atoms with Crippen molar-refractivity contribution in [1.82, 2.24) is 10.2 Å². The predicted octanol–water partition coefficient (Wildman–Crippen LogP) is 0.606. The Hall–Kier alpha value is -2.43. The summed E-state index contributed by atoms with van der Waals surface area (Å²) in [6, 6.07) is 10.4. The van der Waals surface area contributed by atoms with Gasteiger partial charge in [-0.15, -0.1) is 0 Å². The number of nitrogens with zero attached hydrogens (tertiary/aromatic N) is 2. The van der Waals surface area contributed by atoms with Crippen LogP contribution < -0.4 is 11.4 Å². The van der Waals surface area contributed by atoms with Gasteiger partial charge in [-0.3, -0.25) is 4.79 Å². The van der Waals surface area contributed by atoms with E-state index < -0.39 is 0 Å². The molecular formula is C11H9N4O. The van der Waals surface area contributed by atoms with Gasteiger partial charge in [0.1, 0.15) is 6.21 Å². The normalized spacial score (nSPS) is 10.8. The van der Waals surface area contributed by atoms with E-state index in [0.717, 1.165) is 11.1 Å². The third-order valence-electron chi connectivity index (χ3n) is 2.05. The van der Waals surface area contributed by atoms with Crippen LogP contribution in [0.4, 0.5) is 0 Å². The summed E-state index contributed by atoms with van der Waals surface area (Å²) in [5, 5.41) is 9.60. The molecule has 0 fully saturated rings. The summed E-state index contributed by atoms with van der Waals surface area (Å²) in [5.41, 5.74) is 2.18. The fourth-order valence-corrected chi connectivity index (χ4v) is 1.30. The van der Waals surface area contributed by atoms with E-state index in [1.54, 1.807) is 6.07 Å². The quantitative estimate of drug-likeness (QED) is 0.435. The molecule has 0 unspecified atom stereocenters. The van der Waals surface area contributed by atoms with E-state index >= 15 is 0 Å². The minimum absolute atomic E-state index is 0.219. The van der Waals surface area contributed by atoms with Crippen molar-refractivity contribution in [2.75, 3.05) is 0 Å². The standard InChI is InChI=1S/C11H9N4O/c12-13-7-8-1-3-9(4-2-8)10-5-6-11(16)15-14-10/h1-6H,12H2,(H,15,16). The van der Waals surface area contributed by atoms with Crippen LogP contribution in [0.3, 0.4) is 0 Å². The maximum Gasteiger partial charge on any atom is 0.264 e.